The summed E-state index contributed by atoms with van der Waals surface area (Å²) >= 11 is 5.95. The van der Waals surface area contributed by atoms with Gasteiger partial charge in [0.1, 0.15) is 0 Å². The van der Waals surface area contributed by atoms with Gasteiger partial charge in [0.2, 0.25) is 5.91 Å². The minimum Gasteiger partial charge on any atom is -0.352 e. The standard InChI is InChI=1S/C17H21ClN2O.ClH/c18-12-3-1-11(2-4-12)17(7-8-17)16(21)20-15-9-13-5-6-14(10-15)19-13;/h1-4,13-15,19H,5-10H2,(H,20,21);1H. The first-order chi connectivity index (χ1) is 10.2. The number of halogens is 2. The molecule has 4 rings (SSSR count). The smallest absolute Gasteiger partial charge is 0.230 e. The molecule has 2 N–H and O–H groups in total. The molecule has 120 valence electrons. The Kier molecular flexibility index (Phi) is 4.41. The van der Waals surface area contributed by atoms with Crippen molar-refractivity contribution in [1.82, 2.24) is 10.6 Å². The van der Waals surface area contributed by atoms with Crippen molar-refractivity contribution in [2.75, 3.05) is 0 Å². The van der Waals surface area contributed by atoms with Crippen LogP contribution < -0.4 is 10.6 Å². The minimum absolute atomic E-state index is 0. The molecule has 3 aliphatic rings. The maximum atomic E-state index is 12.8. The van der Waals surface area contributed by atoms with Gasteiger partial charge in [0.15, 0.2) is 0 Å². The van der Waals surface area contributed by atoms with Gasteiger partial charge in [0.05, 0.1) is 5.41 Å². The first-order valence-corrected chi connectivity index (χ1v) is 8.37. The first kappa shape index (κ1) is 16.1. The summed E-state index contributed by atoms with van der Waals surface area (Å²) in [7, 11) is 0. The molecule has 3 nitrogen and oxygen atoms in total. The van der Waals surface area contributed by atoms with Crippen molar-refractivity contribution in [1.29, 1.82) is 0 Å². The largest absolute Gasteiger partial charge is 0.352 e. The van der Waals surface area contributed by atoms with Crippen molar-refractivity contribution in [3.8, 4) is 0 Å². The summed E-state index contributed by atoms with van der Waals surface area (Å²) in [6.07, 6.45) is 6.60. The highest BCUT2D eigenvalue weighted by atomic mass is 35.5. The Morgan fingerprint density at radius 3 is 2.27 bits per heavy atom. The molecule has 1 aromatic carbocycles. The molecule has 0 spiro atoms. The Morgan fingerprint density at radius 2 is 1.73 bits per heavy atom. The zero-order valence-electron chi connectivity index (χ0n) is 12.5. The lowest BCUT2D eigenvalue weighted by atomic mass is 9.93. The van der Waals surface area contributed by atoms with Crippen molar-refractivity contribution >= 4 is 29.9 Å². The van der Waals surface area contributed by atoms with E-state index < -0.39 is 0 Å². The SMILES string of the molecule is Cl.O=C(NC1CC2CCC(C1)N2)C1(c2ccc(Cl)cc2)CC1. The average Bonchev–Trinajstić information content (AvgIpc) is 3.21. The Balaban J connectivity index is 0.00000144. The maximum Gasteiger partial charge on any atom is 0.230 e. The van der Waals surface area contributed by atoms with E-state index in [0.717, 1.165) is 36.3 Å². The summed E-state index contributed by atoms with van der Waals surface area (Å²) in [4.78, 5) is 12.8. The molecule has 0 radical (unpaired) electrons. The summed E-state index contributed by atoms with van der Waals surface area (Å²) < 4.78 is 0. The molecule has 2 atom stereocenters. The van der Waals surface area contributed by atoms with Crippen molar-refractivity contribution < 1.29 is 4.79 Å². The molecule has 2 bridgehead atoms. The van der Waals surface area contributed by atoms with Crippen LogP contribution in [0.5, 0.6) is 0 Å². The van der Waals surface area contributed by atoms with E-state index in [-0.39, 0.29) is 23.7 Å². The number of benzene rings is 1. The van der Waals surface area contributed by atoms with Crippen LogP contribution in [0.1, 0.15) is 44.1 Å². The second-order valence-electron chi connectivity index (χ2n) is 6.87. The van der Waals surface area contributed by atoms with E-state index in [9.17, 15) is 4.79 Å². The number of carbonyl (C=O) groups is 1. The normalized spacial score (nSPS) is 31.2. The summed E-state index contributed by atoms with van der Waals surface area (Å²) in [5, 5.41) is 7.67. The lowest BCUT2D eigenvalue weighted by molar-refractivity contribution is -0.124. The number of rotatable bonds is 3. The summed E-state index contributed by atoms with van der Waals surface area (Å²) in [6.45, 7) is 0. The highest BCUT2D eigenvalue weighted by Crippen LogP contribution is 2.48. The fraction of sp³-hybridized carbons (Fsp3) is 0.588. The van der Waals surface area contributed by atoms with Crippen LogP contribution in [-0.2, 0) is 10.2 Å². The Bertz CT molecular complexity index is 544. The molecule has 1 saturated carbocycles. The van der Waals surface area contributed by atoms with E-state index in [1.54, 1.807) is 0 Å². The predicted molar refractivity (Wildman–Crippen MR) is 90.7 cm³/mol. The third-order valence-electron chi connectivity index (χ3n) is 5.39. The molecule has 0 aromatic heterocycles. The van der Waals surface area contributed by atoms with E-state index in [4.69, 9.17) is 11.6 Å². The lowest BCUT2D eigenvalue weighted by Gasteiger charge is -2.31. The summed E-state index contributed by atoms with van der Waals surface area (Å²) in [6, 6.07) is 9.34. The van der Waals surface area contributed by atoms with Crippen molar-refractivity contribution in [3.63, 3.8) is 0 Å². The average molecular weight is 341 g/mol. The highest BCUT2D eigenvalue weighted by Gasteiger charge is 2.52. The molecule has 2 unspecified atom stereocenters. The fourth-order valence-corrected chi connectivity index (χ4v) is 4.17. The van der Waals surface area contributed by atoms with Gasteiger partial charge < -0.3 is 10.6 Å². The molecule has 22 heavy (non-hydrogen) atoms. The van der Waals surface area contributed by atoms with E-state index in [1.165, 1.54) is 12.8 Å². The summed E-state index contributed by atoms with van der Waals surface area (Å²) in [5.74, 6) is 0.219. The first-order valence-electron chi connectivity index (χ1n) is 7.99. The number of nitrogens with one attached hydrogen (secondary N) is 2. The minimum atomic E-state index is -0.283. The van der Waals surface area contributed by atoms with Gasteiger partial charge in [-0.05, 0) is 56.2 Å². The van der Waals surface area contributed by atoms with Crippen LogP contribution in [0.3, 0.4) is 0 Å². The van der Waals surface area contributed by atoms with Gasteiger partial charge in [-0.25, -0.2) is 0 Å². The van der Waals surface area contributed by atoms with Gasteiger partial charge in [-0.3, -0.25) is 4.79 Å². The van der Waals surface area contributed by atoms with Gasteiger partial charge in [-0.15, -0.1) is 12.4 Å². The van der Waals surface area contributed by atoms with Crippen LogP contribution >= 0.6 is 24.0 Å². The number of hydrogen-bond acceptors (Lipinski definition) is 2. The van der Waals surface area contributed by atoms with Crippen molar-refractivity contribution in [2.45, 2.75) is 62.1 Å². The van der Waals surface area contributed by atoms with Gasteiger partial charge in [0.25, 0.3) is 0 Å². The molecule has 1 amide bonds. The van der Waals surface area contributed by atoms with E-state index >= 15 is 0 Å². The Hall–Kier alpha value is -0.770. The van der Waals surface area contributed by atoms with Gasteiger partial charge in [0, 0.05) is 23.1 Å². The molecule has 2 saturated heterocycles. The molecule has 2 aliphatic heterocycles. The van der Waals surface area contributed by atoms with E-state index in [1.807, 2.05) is 24.3 Å². The molecule has 2 heterocycles. The number of hydrogen-bond donors (Lipinski definition) is 2. The van der Waals surface area contributed by atoms with Crippen molar-refractivity contribution in [2.24, 2.45) is 0 Å². The van der Waals surface area contributed by atoms with Crippen LogP contribution in [0.4, 0.5) is 0 Å². The second-order valence-corrected chi connectivity index (χ2v) is 7.31. The van der Waals surface area contributed by atoms with E-state index in [2.05, 4.69) is 10.6 Å². The van der Waals surface area contributed by atoms with Crippen LogP contribution in [0.15, 0.2) is 24.3 Å². The van der Waals surface area contributed by atoms with Crippen LogP contribution in [0, 0.1) is 0 Å². The predicted octanol–water partition coefficient (Wildman–Crippen LogP) is 3.19. The number of carbonyl (C=O) groups excluding carboxylic acids is 1. The molecule has 1 aromatic rings. The van der Waals surface area contributed by atoms with Crippen molar-refractivity contribution in [3.05, 3.63) is 34.9 Å². The number of piperidine rings is 1. The third-order valence-corrected chi connectivity index (χ3v) is 5.64. The second kappa shape index (κ2) is 6.03. The molecule has 5 heteroatoms. The number of fused-ring (bicyclic) bond motifs is 2. The molecule has 3 fully saturated rings. The molecule has 1 aliphatic carbocycles. The molecular weight excluding hydrogens is 319 g/mol. The third kappa shape index (κ3) is 2.86. The van der Waals surface area contributed by atoms with Crippen LogP contribution in [0.2, 0.25) is 5.02 Å². The Morgan fingerprint density at radius 1 is 1.14 bits per heavy atom. The van der Waals surface area contributed by atoms with Gasteiger partial charge >= 0.3 is 0 Å². The molecular formula is C17H22Cl2N2O. The van der Waals surface area contributed by atoms with E-state index in [0.29, 0.717) is 18.1 Å². The quantitative estimate of drug-likeness (QED) is 0.887. The zero-order chi connectivity index (χ0) is 14.4. The highest BCUT2D eigenvalue weighted by molar-refractivity contribution is 6.30. The van der Waals surface area contributed by atoms with Crippen LogP contribution in [-0.4, -0.2) is 24.0 Å². The number of amides is 1. The Labute approximate surface area is 142 Å². The lowest BCUT2D eigenvalue weighted by Crippen LogP contribution is -2.50. The van der Waals surface area contributed by atoms with Gasteiger partial charge in [-0.2, -0.15) is 0 Å². The maximum absolute atomic E-state index is 12.8. The van der Waals surface area contributed by atoms with Crippen LogP contribution in [0.25, 0.3) is 0 Å². The van der Waals surface area contributed by atoms with Gasteiger partial charge in [-0.1, -0.05) is 23.7 Å². The fourth-order valence-electron chi connectivity index (χ4n) is 4.04. The topological polar surface area (TPSA) is 41.1 Å². The monoisotopic (exact) mass is 340 g/mol. The zero-order valence-corrected chi connectivity index (χ0v) is 14.1. The summed E-state index contributed by atoms with van der Waals surface area (Å²) in [5.41, 5.74) is 0.829.